The number of thiocarbonyl (C=S) groups is 1. The fourth-order valence-electron chi connectivity index (χ4n) is 1.72. The first-order valence-electron chi connectivity index (χ1n) is 6.29. The lowest BCUT2D eigenvalue weighted by molar-refractivity contribution is -0.122. The number of carbonyl (C=O) groups excluding carboxylic acids is 1. The molecule has 1 saturated heterocycles. The van der Waals surface area contributed by atoms with Crippen LogP contribution in [0.15, 0.2) is 47.4 Å². The van der Waals surface area contributed by atoms with E-state index in [0.717, 1.165) is 17.3 Å². The zero-order chi connectivity index (χ0) is 16.2. The van der Waals surface area contributed by atoms with Crippen LogP contribution in [0.1, 0.15) is 5.56 Å². The van der Waals surface area contributed by atoms with Crippen LogP contribution in [0.25, 0.3) is 6.08 Å². The van der Waals surface area contributed by atoms with E-state index in [1.165, 1.54) is 4.90 Å². The number of benzene rings is 1. The molecule has 1 aliphatic heterocycles. The van der Waals surface area contributed by atoms with Gasteiger partial charge in [-0.1, -0.05) is 66.5 Å². The fourth-order valence-corrected chi connectivity index (χ4v) is 3.40. The summed E-state index contributed by atoms with van der Waals surface area (Å²) in [5.41, 5.74) is 1.00. The van der Waals surface area contributed by atoms with Gasteiger partial charge in [-0.05, 0) is 11.6 Å². The third-order valence-electron chi connectivity index (χ3n) is 2.78. The SMILES string of the molecule is O=C1/C(=C\C=C\c2ccccc2)SC(=S)N1CCS(=O)(=O)O. The number of hydrogen-bond donors (Lipinski definition) is 1. The van der Waals surface area contributed by atoms with Gasteiger partial charge in [0.1, 0.15) is 4.32 Å². The van der Waals surface area contributed by atoms with Gasteiger partial charge < -0.3 is 0 Å². The molecule has 1 aromatic carbocycles. The molecule has 0 radical (unpaired) electrons. The largest absolute Gasteiger partial charge is 0.292 e. The highest BCUT2D eigenvalue weighted by Gasteiger charge is 2.32. The Balaban J connectivity index is 2.04. The van der Waals surface area contributed by atoms with Crippen molar-refractivity contribution < 1.29 is 17.8 Å². The second-order valence-electron chi connectivity index (χ2n) is 4.41. The Morgan fingerprint density at radius 2 is 1.95 bits per heavy atom. The monoisotopic (exact) mass is 355 g/mol. The summed E-state index contributed by atoms with van der Waals surface area (Å²) >= 11 is 6.16. The zero-order valence-electron chi connectivity index (χ0n) is 11.4. The van der Waals surface area contributed by atoms with Gasteiger partial charge >= 0.3 is 0 Å². The van der Waals surface area contributed by atoms with Crippen LogP contribution in [0.2, 0.25) is 0 Å². The van der Waals surface area contributed by atoms with E-state index < -0.39 is 15.9 Å². The maximum atomic E-state index is 12.1. The lowest BCUT2D eigenvalue weighted by Crippen LogP contribution is -2.32. The molecule has 2 rings (SSSR count). The topological polar surface area (TPSA) is 74.7 Å². The standard InChI is InChI=1S/C14H13NO4S3/c16-13-12(8-4-7-11-5-2-1-3-6-11)21-14(20)15(13)9-10-22(17,18)19/h1-8H,9-10H2,(H,17,18,19)/b7-4+,12-8+. The Morgan fingerprint density at radius 1 is 1.27 bits per heavy atom. The first-order valence-corrected chi connectivity index (χ1v) is 9.12. The maximum absolute atomic E-state index is 12.1. The van der Waals surface area contributed by atoms with Gasteiger partial charge in [-0.25, -0.2) is 0 Å². The molecule has 0 unspecified atom stereocenters. The molecule has 5 nitrogen and oxygen atoms in total. The lowest BCUT2D eigenvalue weighted by atomic mass is 10.2. The van der Waals surface area contributed by atoms with Crippen molar-refractivity contribution in [3.8, 4) is 0 Å². The van der Waals surface area contributed by atoms with Crippen molar-refractivity contribution in [2.75, 3.05) is 12.3 Å². The normalized spacial score (nSPS) is 17.9. The quantitative estimate of drug-likeness (QED) is 0.496. The van der Waals surface area contributed by atoms with Crippen molar-refractivity contribution >= 4 is 50.4 Å². The molecule has 8 heteroatoms. The summed E-state index contributed by atoms with van der Waals surface area (Å²) in [6, 6.07) is 9.60. The highest BCUT2D eigenvalue weighted by Crippen LogP contribution is 2.30. The number of hydrogen-bond acceptors (Lipinski definition) is 5. The predicted molar refractivity (Wildman–Crippen MR) is 91.9 cm³/mol. The minimum absolute atomic E-state index is 0.150. The van der Waals surface area contributed by atoms with E-state index in [2.05, 4.69) is 0 Å². The summed E-state index contributed by atoms with van der Waals surface area (Å²) in [7, 11) is -4.13. The molecule has 1 N–H and O–H groups in total. The smallest absolute Gasteiger partial charge is 0.266 e. The van der Waals surface area contributed by atoms with Crippen LogP contribution in [-0.4, -0.2) is 40.4 Å². The van der Waals surface area contributed by atoms with E-state index in [1.807, 2.05) is 36.4 Å². The summed E-state index contributed by atoms with van der Waals surface area (Å²) in [4.78, 5) is 13.7. The number of thioether (sulfide) groups is 1. The van der Waals surface area contributed by atoms with Crippen LogP contribution in [-0.2, 0) is 14.9 Å². The fraction of sp³-hybridized carbons (Fsp3) is 0.143. The van der Waals surface area contributed by atoms with Gasteiger partial charge in [-0.15, -0.1) is 0 Å². The van der Waals surface area contributed by atoms with Crippen molar-refractivity contribution in [3.63, 3.8) is 0 Å². The first-order chi connectivity index (χ1) is 10.4. The Labute approximate surface area is 138 Å². The molecule has 1 fully saturated rings. The van der Waals surface area contributed by atoms with Gasteiger partial charge in [0.05, 0.1) is 10.7 Å². The molecule has 0 spiro atoms. The second kappa shape index (κ2) is 7.19. The molecule has 1 aromatic rings. The molecule has 0 aromatic heterocycles. The number of allylic oxidation sites excluding steroid dienone is 2. The molecular weight excluding hydrogens is 342 g/mol. The lowest BCUT2D eigenvalue weighted by Gasteiger charge is -2.12. The van der Waals surface area contributed by atoms with Crippen LogP contribution < -0.4 is 0 Å². The van der Waals surface area contributed by atoms with Crippen molar-refractivity contribution in [1.82, 2.24) is 4.90 Å². The molecule has 0 saturated carbocycles. The second-order valence-corrected chi connectivity index (χ2v) is 7.66. The van der Waals surface area contributed by atoms with Gasteiger partial charge in [0.15, 0.2) is 0 Å². The van der Waals surface area contributed by atoms with Gasteiger partial charge in [0.2, 0.25) is 0 Å². The molecule has 1 heterocycles. The Kier molecular flexibility index (Phi) is 5.52. The summed E-state index contributed by atoms with van der Waals surface area (Å²) in [5, 5.41) is 0. The summed E-state index contributed by atoms with van der Waals surface area (Å²) in [5.74, 6) is -0.886. The zero-order valence-corrected chi connectivity index (χ0v) is 13.8. The minimum atomic E-state index is -4.13. The number of rotatable bonds is 5. The van der Waals surface area contributed by atoms with E-state index in [-0.39, 0.29) is 16.8 Å². The molecule has 0 atom stereocenters. The van der Waals surface area contributed by atoms with E-state index in [1.54, 1.807) is 12.2 Å². The van der Waals surface area contributed by atoms with Crippen molar-refractivity contribution in [3.05, 3.63) is 53.0 Å². The minimum Gasteiger partial charge on any atom is -0.292 e. The Hall–Kier alpha value is -1.48. The van der Waals surface area contributed by atoms with Gasteiger partial charge in [0, 0.05) is 6.54 Å². The maximum Gasteiger partial charge on any atom is 0.266 e. The molecular formula is C14H13NO4S3. The highest BCUT2D eigenvalue weighted by molar-refractivity contribution is 8.26. The summed E-state index contributed by atoms with van der Waals surface area (Å²) < 4.78 is 30.5. The van der Waals surface area contributed by atoms with Crippen LogP contribution in [0.3, 0.4) is 0 Å². The Bertz CT molecular complexity index is 739. The average Bonchev–Trinajstić information content (AvgIpc) is 2.72. The third-order valence-corrected chi connectivity index (χ3v) is 4.88. The van der Waals surface area contributed by atoms with Crippen molar-refractivity contribution in [2.24, 2.45) is 0 Å². The molecule has 0 aliphatic carbocycles. The molecule has 1 amide bonds. The predicted octanol–water partition coefficient (Wildman–Crippen LogP) is 2.33. The third kappa shape index (κ3) is 4.77. The Morgan fingerprint density at radius 3 is 2.59 bits per heavy atom. The number of amides is 1. The van der Waals surface area contributed by atoms with Gasteiger partial charge in [-0.3, -0.25) is 14.2 Å². The first kappa shape index (κ1) is 16.9. The van der Waals surface area contributed by atoms with Crippen LogP contribution in [0.4, 0.5) is 0 Å². The summed E-state index contributed by atoms with van der Waals surface area (Å²) in [6.45, 7) is -0.150. The van der Waals surface area contributed by atoms with Crippen LogP contribution >= 0.6 is 24.0 Å². The molecule has 1 aliphatic rings. The summed E-state index contributed by atoms with van der Waals surface area (Å²) in [6.07, 6.45) is 5.23. The highest BCUT2D eigenvalue weighted by atomic mass is 32.2. The average molecular weight is 355 g/mol. The number of carbonyl (C=O) groups is 1. The molecule has 0 bridgehead atoms. The van der Waals surface area contributed by atoms with Crippen LogP contribution in [0, 0.1) is 0 Å². The van der Waals surface area contributed by atoms with Gasteiger partial charge in [0.25, 0.3) is 16.0 Å². The van der Waals surface area contributed by atoms with E-state index >= 15 is 0 Å². The van der Waals surface area contributed by atoms with E-state index in [4.69, 9.17) is 16.8 Å². The van der Waals surface area contributed by atoms with Crippen LogP contribution in [0.5, 0.6) is 0 Å². The van der Waals surface area contributed by atoms with Crippen molar-refractivity contribution in [1.29, 1.82) is 0 Å². The van der Waals surface area contributed by atoms with Gasteiger partial charge in [-0.2, -0.15) is 8.42 Å². The van der Waals surface area contributed by atoms with Crippen molar-refractivity contribution in [2.45, 2.75) is 0 Å². The molecule has 116 valence electrons. The van der Waals surface area contributed by atoms with E-state index in [0.29, 0.717) is 4.91 Å². The van der Waals surface area contributed by atoms with E-state index in [9.17, 15) is 13.2 Å². The number of nitrogens with zero attached hydrogens (tertiary/aromatic N) is 1. The molecule has 22 heavy (non-hydrogen) atoms.